The first-order valence-corrected chi connectivity index (χ1v) is 10.3. The summed E-state index contributed by atoms with van der Waals surface area (Å²) in [7, 11) is 0. The Kier molecular flexibility index (Phi) is 6.92. The van der Waals surface area contributed by atoms with Gasteiger partial charge in [-0.1, -0.05) is 36.4 Å². The third-order valence-electron chi connectivity index (χ3n) is 3.94. The molecule has 4 aromatic rings. The Morgan fingerprint density at radius 3 is 2.54 bits per heavy atom. The summed E-state index contributed by atoms with van der Waals surface area (Å²) >= 11 is 3.35. The van der Waals surface area contributed by atoms with Gasteiger partial charge in [-0.25, -0.2) is 9.98 Å². The van der Waals surface area contributed by atoms with Crippen LogP contribution in [-0.4, -0.2) is 15.8 Å². The number of rotatable bonds is 6. The number of benzene rings is 2. The van der Waals surface area contributed by atoms with Crippen LogP contribution in [-0.2, 0) is 5.75 Å². The van der Waals surface area contributed by atoms with E-state index in [0.717, 1.165) is 33.4 Å². The number of nitrogens with two attached hydrogens (primary N) is 1. The van der Waals surface area contributed by atoms with E-state index < -0.39 is 0 Å². The van der Waals surface area contributed by atoms with Crippen molar-refractivity contribution >= 4 is 47.0 Å². The number of imidazole rings is 1. The van der Waals surface area contributed by atoms with Crippen LogP contribution in [0.2, 0.25) is 0 Å². The Bertz CT molecular complexity index is 1030. The number of nitrogens with one attached hydrogen (secondary N) is 1. The number of aromatic amines is 1. The smallest absolute Gasteiger partial charge is 0.141 e. The van der Waals surface area contributed by atoms with Gasteiger partial charge in [-0.05, 0) is 35.7 Å². The molecule has 28 heavy (non-hydrogen) atoms. The molecule has 3 N–H and O–H groups in total. The van der Waals surface area contributed by atoms with Crippen LogP contribution in [0.25, 0.3) is 11.3 Å². The zero-order valence-electron chi connectivity index (χ0n) is 14.9. The molecule has 0 spiro atoms. The van der Waals surface area contributed by atoms with Gasteiger partial charge in [-0.15, -0.1) is 35.5 Å². The van der Waals surface area contributed by atoms with Crippen molar-refractivity contribution in [2.45, 2.75) is 10.6 Å². The Balaban J connectivity index is 0.00000225. The molecule has 0 saturated carbocycles. The van der Waals surface area contributed by atoms with Crippen LogP contribution < -0.4 is 5.73 Å². The fourth-order valence-corrected chi connectivity index (χ4v) is 4.01. The van der Waals surface area contributed by atoms with E-state index in [2.05, 4.69) is 22.1 Å². The fourth-order valence-electron chi connectivity index (χ4n) is 2.58. The van der Waals surface area contributed by atoms with Gasteiger partial charge >= 0.3 is 0 Å². The van der Waals surface area contributed by atoms with Crippen molar-refractivity contribution in [3.05, 3.63) is 89.0 Å². The first kappa shape index (κ1) is 20.2. The molecule has 0 saturated heterocycles. The average molecular weight is 427 g/mol. The fraction of sp³-hybridized carbons (Fsp3) is 0.0476. The van der Waals surface area contributed by atoms with Crippen LogP contribution in [0.15, 0.2) is 88.2 Å². The van der Waals surface area contributed by atoms with E-state index in [0.29, 0.717) is 5.84 Å². The second kappa shape index (κ2) is 9.59. The maximum absolute atomic E-state index is 6.05. The van der Waals surface area contributed by atoms with Crippen LogP contribution in [0.1, 0.15) is 10.7 Å². The van der Waals surface area contributed by atoms with Gasteiger partial charge in [-0.2, -0.15) is 0 Å². The number of hydrogen-bond acceptors (Lipinski definition) is 4. The predicted molar refractivity (Wildman–Crippen MR) is 122 cm³/mol. The Morgan fingerprint density at radius 2 is 1.82 bits per heavy atom. The van der Waals surface area contributed by atoms with E-state index in [1.807, 2.05) is 66.2 Å². The normalized spacial score (nSPS) is 11.2. The number of nitrogens with zero attached hydrogens (tertiary/aromatic N) is 2. The molecule has 0 aliphatic rings. The van der Waals surface area contributed by atoms with E-state index in [1.54, 1.807) is 23.1 Å². The third kappa shape index (κ3) is 5.04. The Hall–Kier alpha value is -2.54. The lowest BCUT2D eigenvalue weighted by Gasteiger charge is -2.00. The van der Waals surface area contributed by atoms with Gasteiger partial charge in [0.05, 0.1) is 22.0 Å². The van der Waals surface area contributed by atoms with Crippen LogP contribution in [0.3, 0.4) is 0 Å². The molecule has 0 amide bonds. The van der Waals surface area contributed by atoms with Crippen molar-refractivity contribution in [3.8, 4) is 11.3 Å². The Labute approximate surface area is 178 Å². The summed E-state index contributed by atoms with van der Waals surface area (Å²) in [6, 6.07) is 22.2. The average Bonchev–Trinajstić information content (AvgIpc) is 3.40. The summed E-state index contributed by atoms with van der Waals surface area (Å²) in [5, 5.41) is 1.99. The van der Waals surface area contributed by atoms with Crippen molar-refractivity contribution in [2.24, 2.45) is 10.7 Å². The minimum Gasteiger partial charge on any atom is -0.383 e. The van der Waals surface area contributed by atoms with Gasteiger partial charge in [0.2, 0.25) is 0 Å². The van der Waals surface area contributed by atoms with E-state index in [4.69, 9.17) is 10.7 Å². The topological polar surface area (TPSA) is 67.1 Å². The van der Waals surface area contributed by atoms with Gasteiger partial charge in [0.15, 0.2) is 0 Å². The molecule has 0 atom stereocenters. The van der Waals surface area contributed by atoms with Crippen LogP contribution in [0.5, 0.6) is 0 Å². The summed E-state index contributed by atoms with van der Waals surface area (Å²) in [5.41, 5.74) is 8.86. The molecule has 2 heterocycles. The SMILES string of the molecule is Cl.NC(=Nc1ccc(-c2c[nH]c(CSc3ccccc3)n2)cc1)c1cccs1. The first-order chi connectivity index (χ1) is 13.3. The quantitative estimate of drug-likeness (QED) is 0.229. The number of hydrogen-bond donors (Lipinski definition) is 2. The largest absolute Gasteiger partial charge is 0.383 e. The first-order valence-electron chi connectivity index (χ1n) is 8.48. The molecule has 0 aliphatic carbocycles. The molecule has 2 aromatic heterocycles. The highest BCUT2D eigenvalue weighted by Crippen LogP contribution is 2.25. The lowest BCUT2D eigenvalue weighted by Crippen LogP contribution is -2.10. The van der Waals surface area contributed by atoms with Crippen LogP contribution in [0, 0.1) is 0 Å². The van der Waals surface area contributed by atoms with Crippen molar-refractivity contribution in [1.82, 2.24) is 9.97 Å². The lowest BCUT2D eigenvalue weighted by molar-refractivity contribution is 1.12. The molecule has 4 nitrogen and oxygen atoms in total. The molecular weight excluding hydrogens is 408 g/mol. The molecule has 7 heteroatoms. The van der Waals surface area contributed by atoms with Crippen molar-refractivity contribution in [3.63, 3.8) is 0 Å². The standard InChI is InChI=1S/C21H18N4S2.ClH/c22-21(19-7-4-12-26-19)24-16-10-8-15(9-11-16)18-13-23-20(25-18)14-27-17-5-2-1-3-6-17;/h1-13H,14H2,(H2,22,24)(H,23,25);1H. The van der Waals surface area contributed by atoms with Crippen molar-refractivity contribution in [1.29, 1.82) is 0 Å². The molecule has 2 aromatic carbocycles. The summed E-state index contributed by atoms with van der Waals surface area (Å²) in [6.07, 6.45) is 1.94. The maximum atomic E-state index is 6.05. The summed E-state index contributed by atoms with van der Waals surface area (Å²) in [4.78, 5) is 14.6. The summed E-state index contributed by atoms with van der Waals surface area (Å²) < 4.78 is 0. The molecule has 0 fully saturated rings. The minimum absolute atomic E-state index is 0. The van der Waals surface area contributed by atoms with Crippen molar-refractivity contribution in [2.75, 3.05) is 0 Å². The second-order valence-electron chi connectivity index (χ2n) is 5.86. The molecule has 0 radical (unpaired) electrons. The van der Waals surface area contributed by atoms with Crippen LogP contribution in [0.4, 0.5) is 5.69 Å². The summed E-state index contributed by atoms with van der Waals surface area (Å²) in [5.74, 6) is 2.31. The molecule has 4 rings (SSSR count). The number of aromatic nitrogens is 2. The zero-order valence-corrected chi connectivity index (χ0v) is 17.4. The predicted octanol–water partition coefficient (Wildman–Crippen LogP) is 5.89. The van der Waals surface area contributed by atoms with Gasteiger partial charge in [0.1, 0.15) is 11.7 Å². The number of thiophene rings is 1. The minimum atomic E-state index is 0. The summed E-state index contributed by atoms with van der Waals surface area (Å²) in [6.45, 7) is 0. The zero-order chi connectivity index (χ0) is 18.5. The Morgan fingerprint density at radius 1 is 1.04 bits per heavy atom. The van der Waals surface area contributed by atoms with E-state index in [-0.39, 0.29) is 12.4 Å². The molecule has 0 bridgehead atoms. The highest BCUT2D eigenvalue weighted by Gasteiger charge is 2.05. The number of aliphatic imine (C=N–C) groups is 1. The highest BCUT2D eigenvalue weighted by molar-refractivity contribution is 7.98. The van der Waals surface area contributed by atoms with Crippen LogP contribution >= 0.6 is 35.5 Å². The monoisotopic (exact) mass is 426 g/mol. The third-order valence-corrected chi connectivity index (χ3v) is 5.85. The number of thioether (sulfide) groups is 1. The number of amidine groups is 1. The highest BCUT2D eigenvalue weighted by atomic mass is 35.5. The maximum Gasteiger partial charge on any atom is 0.141 e. The van der Waals surface area contributed by atoms with Gasteiger partial charge in [0, 0.05) is 16.7 Å². The van der Waals surface area contributed by atoms with Gasteiger partial charge < -0.3 is 10.7 Å². The van der Waals surface area contributed by atoms with E-state index in [1.165, 1.54) is 4.90 Å². The van der Waals surface area contributed by atoms with Crippen molar-refractivity contribution < 1.29 is 0 Å². The van der Waals surface area contributed by atoms with Gasteiger partial charge in [0.25, 0.3) is 0 Å². The molecule has 142 valence electrons. The number of halogens is 1. The molecular formula is C21H19ClN4S2. The molecule has 0 unspecified atom stereocenters. The lowest BCUT2D eigenvalue weighted by atomic mass is 10.1. The van der Waals surface area contributed by atoms with E-state index in [9.17, 15) is 0 Å². The van der Waals surface area contributed by atoms with E-state index >= 15 is 0 Å². The van der Waals surface area contributed by atoms with Gasteiger partial charge in [-0.3, -0.25) is 0 Å². The second-order valence-corrected chi connectivity index (χ2v) is 7.85. The molecule has 0 aliphatic heterocycles. The number of H-pyrrole nitrogens is 1.